The fourth-order valence-electron chi connectivity index (χ4n) is 4.27. The van der Waals surface area contributed by atoms with Crippen molar-refractivity contribution in [3.63, 3.8) is 0 Å². The standard InChI is InChI=1S/C30H35N7O3/c1-6-30(3,4)32-29(40)28(23-16-17-35(5)18-23)37(25-14-12-24(13-15-25)31-21(2)38)27(39)20-36-19-26(33-34-36)22-10-8-7-9-11-22/h7-19,28H,6,20H2,1-5H3,(H,31,38)(H,32,40). The summed E-state index contributed by atoms with van der Waals surface area (Å²) in [6, 6.07) is 17.3. The normalized spacial score (nSPS) is 12.0. The Labute approximate surface area is 234 Å². The molecule has 0 aliphatic carbocycles. The molecular formula is C30H35N7O3. The second-order valence-electron chi connectivity index (χ2n) is 10.4. The Morgan fingerprint density at radius 3 is 2.30 bits per heavy atom. The molecule has 2 aromatic heterocycles. The topological polar surface area (TPSA) is 114 Å². The maximum Gasteiger partial charge on any atom is 0.249 e. The first kappa shape index (κ1) is 28.3. The van der Waals surface area contributed by atoms with Crippen molar-refractivity contribution in [3.05, 3.63) is 84.8 Å². The Morgan fingerprint density at radius 1 is 1.00 bits per heavy atom. The van der Waals surface area contributed by atoms with Crippen LogP contribution in [0.1, 0.15) is 45.7 Å². The zero-order valence-electron chi connectivity index (χ0n) is 23.5. The van der Waals surface area contributed by atoms with E-state index in [9.17, 15) is 14.4 Å². The van der Waals surface area contributed by atoms with Crippen LogP contribution < -0.4 is 15.5 Å². The molecule has 0 aliphatic rings. The molecular weight excluding hydrogens is 506 g/mol. The van der Waals surface area contributed by atoms with E-state index in [-0.39, 0.29) is 24.3 Å². The lowest BCUT2D eigenvalue weighted by Gasteiger charge is -2.34. The molecule has 3 amide bonds. The minimum absolute atomic E-state index is 0.138. The van der Waals surface area contributed by atoms with E-state index in [4.69, 9.17) is 0 Å². The van der Waals surface area contributed by atoms with Crippen LogP contribution in [-0.2, 0) is 28.0 Å². The zero-order valence-corrected chi connectivity index (χ0v) is 23.5. The van der Waals surface area contributed by atoms with Gasteiger partial charge in [0, 0.05) is 54.4 Å². The third-order valence-electron chi connectivity index (χ3n) is 6.66. The van der Waals surface area contributed by atoms with Gasteiger partial charge in [-0.25, -0.2) is 4.68 Å². The number of aryl methyl sites for hydroxylation is 1. The van der Waals surface area contributed by atoms with Gasteiger partial charge in [0.25, 0.3) is 0 Å². The fraction of sp³-hybridized carbons (Fsp3) is 0.300. The number of anilines is 2. The Balaban J connectivity index is 1.74. The molecule has 0 spiro atoms. The minimum atomic E-state index is -0.955. The lowest BCUT2D eigenvalue weighted by molar-refractivity contribution is -0.128. The number of aromatic nitrogens is 4. The third kappa shape index (κ3) is 6.82. The molecule has 0 aliphatic heterocycles. The first-order valence-corrected chi connectivity index (χ1v) is 13.2. The monoisotopic (exact) mass is 541 g/mol. The van der Waals surface area contributed by atoms with Crippen molar-refractivity contribution in [2.24, 2.45) is 7.05 Å². The van der Waals surface area contributed by atoms with Crippen molar-refractivity contribution in [1.29, 1.82) is 0 Å². The van der Waals surface area contributed by atoms with Crippen LogP contribution in [0.15, 0.2) is 79.3 Å². The molecule has 1 unspecified atom stereocenters. The second kappa shape index (κ2) is 12.0. The molecule has 10 heteroatoms. The molecule has 4 rings (SSSR count). The van der Waals surface area contributed by atoms with Crippen LogP contribution in [0.5, 0.6) is 0 Å². The molecule has 40 heavy (non-hydrogen) atoms. The Hall–Kier alpha value is -4.73. The summed E-state index contributed by atoms with van der Waals surface area (Å²) in [5.74, 6) is -0.861. The molecule has 0 fully saturated rings. The highest BCUT2D eigenvalue weighted by Gasteiger charge is 2.35. The Morgan fingerprint density at radius 2 is 1.70 bits per heavy atom. The van der Waals surface area contributed by atoms with Crippen LogP contribution in [0.3, 0.4) is 0 Å². The van der Waals surface area contributed by atoms with Crippen molar-refractivity contribution >= 4 is 29.1 Å². The van der Waals surface area contributed by atoms with Gasteiger partial charge in [0.15, 0.2) is 0 Å². The molecule has 0 saturated heterocycles. The Bertz CT molecular complexity index is 1470. The lowest BCUT2D eigenvalue weighted by atomic mass is 9.99. The van der Waals surface area contributed by atoms with E-state index in [0.29, 0.717) is 29.1 Å². The van der Waals surface area contributed by atoms with Crippen molar-refractivity contribution in [3.8, 4) is 11.3 Å². The number of nitrogens with one attached hydrogen (secondary N) is 2. The number of hydrogen-bond donors (Lipinski definition) is 2. The first-order chi connectivity index (χ1) is 19.1. The molecule has 10 nitrogen and oxygen atoms in total. The molecule has 1 atom stereocenters. The lowest BCUT2D eigenvalue weighted by Crippen LogP contribution is -2.51. The van der Waals surface area contributed by atoms with Crippen LogP contribution >= 0.6 is 0 Å². The zero-order chi connectivity index (χ0) is 28.9. The highest BCUT2D eigenvalue weighted by molar-refractivity contribution is 6.01. The van der Waals surface area contributed by atoms with E-state index in [0.717, 1.165) is 5.56 Å². The molecule has 208 valence electrons. The molecule has 0 saturated carbocycles. The molecule has 4 aromatic rings. The Kier molecular flexibility index (Phi) is 8.47. The summed E-state index contributed by atoms with van der Waals surface area (Å²) in [4.78, 5) is 41.0. The van der Waals surface area contributed by atoms with Crippen molar-refractivity contribution < 1.29 is 14.4 Å². The van der Waals surface area contributed by atoms with Gasteiger partial charge in [-0.15, -0.1) is 5.10 Å². The minimum Gasteiger partial charge on any atom is -0.357 e. The summed E-state index contributed by atoms with van der Waals surface area (Å²) < 4.78 is 3.31. The third-order valence-corrected chi connectivity index (χ3v) is 6.66. The summed E-state index contributed by atoms with van der Waals surface area (Å²) in [5.41, 5.74) is 2.79. The van der Waals surface area contributed by atoms with Gasteiger partial charge in [-0.05, 0) is 50.6 Å². The van der Waals surface area contributed by atoms with Gasteiger partial charge >= 0.3 is 0 Å². The predicted octanol–water partition coefficient (Wildman–Crippen LogP) is 4.32. The quantitative estimate of drug-likeness (QED) is 0.310. The molecule has 2 heterocycles. The molecule has 0 radical (unpaired) electrons. The second-order valence-corrected chi connectivity index (χ2v) is 10.4. The average Bonchev–Trinajstić information content (AvgIpc) is 3.56. The van der Waals surface area contributed by atoms with Crippen LogP contribution in [0.4, 0.5) is 11.4 Å². The van der Waals surface area contributed by atoms with Crippen LogP contribution in [0.25, 0.3) is 11.3 Å². The van der Waals surface area contributed by atoms with Crippen LogP contribution in [0, 0.1) is 0 Å². The number of nitrogens with zero attached hydrogens (tertiary/aromatic N) is 5. The summed E-state index contributed by atoms with van der Waals surface area (Å²) in [6.45, 7) is 7.18. The number of amides is 3. The van der Waals surface area contributed by atoms with Crippen molar-refractivity contribution in [2.75, 3.05) is 10.2 Å². The largest absolute Gasteiger partial charge is 0.357 e. The summed E-state index contributed by atoms with van der Waals surface area (Å²) in [6.07, 6.45) is 6.09. The van der Waals surface area contributed by atoms with Crippen molar-refractivity contribution in [2.45, 2.75) is 52.2 Å². The van der Waals surface area contributed by atoms with E-state index < -0.39 is 11.6 Å². The van der Waals surface area contributed by atoms with Gasteiger partial charge in [-0.1, -0.05) is 42.5 Å². The van der Waals surface area contributed by atoms with E-state index in [1.807, 2.05) is 81.2 Å². The van der Waals surface area contributed by atoms with Crippen LogP contribution in [0.2, 0.25) is 0 Å². The number of hydrogen-bond acceptors (Lipinski definition) is 5. The summed E-state index contributed by atoms with van der Waals surface area (Å²) in [7, 11) is 1.86. The maximum absolute atomic E-state index is 14.1. The van der Waals surface area contributed by atoms with Crippen LogP contribution in [-0.4, -0.2) is 42.8 Å². The van der Waals surface area contributed by atoms with Gasteiger partial charge < -0.3 is 15.2 Å². The van der Waals surface area contributed by atoms with E-state index in [1.54, 1.807) is 30.5 Å². The van der Waals surface area contributed by atoms with E-state index >= 15 is 0 Å². The highest BCUT2D eigenvalue weighted by atomic mass is 16.2. The van der Waals surface area contributed by atoms with Gasteiger partial charge in [0.2, 0.25) is 17.7 Å². The number of carbonyl (C=O) groups is 3. The summed E-state index contributed by atoms with van der Waals surface area (Å²) >= 11 is 0. The van der Waals surface area contributed by atoms with Gasteiger partial charge in [-0.3, -0.25) is 19.3 Å². The average molecular weight is 542 g/mol. The van der Waals surface area contributed by atoms with Gasteiger partial charge in [0.1, 0.15) is 18.3 Å². The number of benzene rings is 2. The molecule has 2 N–H and O–H groups in total. The number of rotatable bonds is 10. The first-order valence-electron chi connectivity index (χ1n) is 13.2. The number of carbonyl (C=O) groups excluding carboxylic acids is 3. The smallest absolute Gasteiger partial charge is 0.249 e. The molecule has 2 aromatic carbocycles. The van der Waals surface area contributed by atoms with Gasteiger partial charge in [0.05, 0.1) is 6.20 Å². The van der Waals surface area contributed by atoms with E-state index in [1.165, 1.54) is 16.5 Å². The maximum atomic E-state index is 14.1. The predicted molar refractivity (Wildman–Crippen MR) is 154 cm³/mol. The van der Waals surface area contributed by atoms with E-state index in [2.05, 4.69) is 20.9 Å². The fourth-order valence-corrected chi connectivity index (χ4v) is 4.27. The summed E-state index contributed by atoms with van der Waals surface area (Å²) in [5, 5.41) is 14.3. The SMILES string of the molecule is CCC(C)(C)NC(=O)C(c1ccn(C)c1)N(C(=O)Cn1cc(-c2ccccc2)nn1)c1ccc(NC(C)=O)cc1. The van der Waals surface area contributed by atoms with Gasteiger partial charge in [-0.2, -0.15) is 0 Å². The highest BCUT2D eigenvalue weighted by Crippen LogP contribution is 2.31. The van der Waals surface area contributed by atoms with Crippen molar-refractivity contribution in [1.82, 2.24) is 24.9 Å². The molecule has 0 bridgehead atoms.